The van der Waals surface area contributed by atoms with Gasteiger partial charge in [0.15, 0.2) is 6.61 Å². The number of fused-ring (bicyclic) bond motifs is 1. The lowest BCUT2D eigenvalue weighted by Crippen LogP contribution is -2.11. The van der Waals surface area contributed by atoms with Gasteiger partial charge in [-0.3, -0.25) is 0 Å². The first-order valence-corrected chi connectivity index (χ1v) is 11.7. The van der Waals surface area contributed by atoms with Gasteiger partial charge in [-0.05, 0) is 49.6 Å². The number of aliphatic carboxylic acids is 1. The number of halogens is 3. The molecule has 178 valence electrons. The van der Waals surface area contributed by atoms with Crippen LogP contribution in [0.15, 0.2) is 70.8 Å². The van der Waals surface area contributed by atoms with E-state index in [1.807, 2.05) is 29.0 Å². The summed E-state index contributed by atoms with van der Waals surface area (Å²) in [7, 11) is 0. The lowest BCUT2D eigenvalue weighted by atomic mass is 9.99. The predicted octanol–water partition coefficient (Wildman–Crippen LogP) is 7.36. The van der Waals surface area contributed by atoms with E-state index in [0.717, 1.165) is 51.3 Å². The average Bonchev–Trinajstić information content (AvgIpc) is 3.21. The van der Waals surface area contributed by atoms with Crippen LogP contribution in [-0.4, -0.2) is 22.2 Å². The summed E-state index contributed by atoms with van der Waals surface area (Å²) in [5.41, 5.74) is 3.35. The van der Waals surface area contributed by atoms with Crippen molar-refractivity contribution in [3.05, 3.63) is 81.9 Å². The molecule has 3 aromatic rings. The second-order valence-electron chi connectivity index (χ2n) is 8.16. The summed E-state index contributed by atoms with van der Waals surface area (Å²) in [5.74, 6) is -0.549. The molecule has 34 heavy (non-hydrogen) atoms. The van der Waals surface area contributed by atoms with E-state index >= 15 is 0 Å². The second-order valence-corrected chi connectivity index (χ2v) is 9.27. The third-order valence-electron chi connectivity index (χ3n) is 5.82. The van der Waals surface area contributed by atoms with Crippen LogP contribution in [0.1, 0.15) is 37.8 Å². The molecule has 0 saturated carbocycles. The lowest BCUT2D eigenvalue weighted by Gasteiger charge is -2.25. The fourth-order valence-electron chi connectivity index (χ4n) is 4.08. The molecule has 0 radical (unpaired) electrons. The molecule has 4 nitrogen and oxygen atoms in total. The van der Waals surface area contributed by atoms with Gasteiger partial charge in [-0.25, -0.2) is 4.79 Å². The molecule has 2 heterocycles. The van der Waals surface area contributed by atoms with Crippen LogP contribution in [0.5, 0.6) is 5.75 Å². The SMILES string of the molecule is CCC1=C(c2ccc(C(F)(F)F)cc2)SC(Cn2ccc3cccc(OCC(=O)O)c32)=C(C)C1. The summed E-state index contributed by atoms with van der Waals surface area (Å²) in [6.07, 6.45) is -0.849. The molecule has 0 aliphatic carbocycles. The molecule has 1 N–H and O–H groups in total. The van der Waals surface area contributed by atoms with Crippen molar-refractivity contribution < 1.29 is 27.8 Å². The van der Waals surface area contributed by atoms with Crippen LogP contribution in [0.25, 0.3) is 15.8 Å². The number of thioether (sulfide) groups is 1. The summed E-state index contributed by atoms with van der Waals surface area (Å²) in [5, 5.41) is 9.94. The Labute approximate surface area is 199 Å². The maximum Gasteiger partial charge on any atom is 0.416 e. The van der Waals surface area contributed by atoms with Crippen molar-refractivity contribution in [3.63, 3.8) is 0 Å². The minimum Gasteiger partial charge on any atom is -0.480 e. The van der Waals surface area contributed by atoms with Gasteiger partial charge in [-0.2, -0.15) is 13.2 Å². The fraction of sp³-hybridized carbons (Fsp3) is 0.269. The zero-order valence-electron chi connectivity index (χ0n) is 18.8. The number of rotatable bonds is 7. The Morgan fingerprint density at radius 2 is 1.88 bits per heavy atom. The number of carbonyl (C=O) groups is 1. The van der Waals surface area contributed by atoms with Crippen LogP contribution in [0.3, 0.4) is 0 Å². The molecule has 0 amide bonds. The quantitative estimate of drug-likeness (QED) is 0.378. The molecular formula is C26H24F3NO3S. The zero-order valence-corrected chi connectivity index (χ0v) is 19.6. The first kappa shape index (κ1) is 24.0. The Morgan fingerprint density at radius 3 is 2.53 bits per heavy atom. The molecule has 0 spiro atoms. The summed E-state index contributed by atoms with van der Waals surface area (Å²) in [6.45, 7) is 4.26. The fourth-order valence-corrected chi connectivity index (χ4v) is 5.39. The standard InChI is InChI=1S/C26H24F3NO3S/c1-3-17-13-16(2)22(34-25(17)19-7-9-20(10-8-19)26(27,28)29)14-30-12-11-18-5-4-6-21(24(18)30)33-15-23(31)32/h4-12H,3,13-15H2,1-2H3,(H,31,32). The van der Waals surface area contributed by atoms with Crippen molar-refractivity contribution in [3.8, 4) is 5.75 Å². The largest absolute Gasteiger partial charge is 0.480 e. The first-order valence-electron chi connectivity index (χ1n) is 10.9. The molecule has 0 unspecified atom stereocenters. The molecule has 1 aliphatic heterocycles. The first-order chi connectivity index (χ1) is 16.2. The third kappa shape index (κ3) is 5.01. The van der Waals surface area contributed by atoms with Crippen molar-refractivity contribution in [1.29, 1.82) is 0 Å². The van der Waals surface area contributed by atoms with Crippen molar-refractivity contribution in [1.82, 2.24) is 4.57 Å². The molecule has 1 aromatic heterocycles. The highest BCUT2D eigenvalue weighted by Crippen LogP contribution is 2.46. The number of hydrogen-bond acceptors (Lipinski definition) is 3. The number of carboxylic acids is 1. The minimum absolute atomic E-state index is 0.429. The normalized spacial score (nSPS) is 14.7. The van der Waals surface area contributed by atoms with E-state index < -0.39 is 24.3 Å². The monoisotopic (exact) mass is 487 g/mol. The number of benzene rings is 2. The van der Waals surface area contributed by atoms with Gasteiger partial charge in [0.1, 0.15) is 5.75 Å². The van der Waals surface area contributed by atoms with E-state index in [9.17, 15) is 18.0 Å². The Hall–Kier alpha value is -3.13. The number of ether oxygens (including phenoxy) is 1. The van der Waals surface area contributed by atoms with E-state index in [1.54, 1.807) is 30.0 Å². The van der Waals surface area contributed by atoms with Crippen LogP contribution in [-0.2, 0) is 17.5 Å². The highest BCUT2D eigenvalue weighted by molar-refractivity contribution is 8.11. The number of nitrogens with zero attached hydrogens (tertiary/aromatic N) is 1. The van der Waals surface area contributed by atoms with Gasteiger partial charge < -0.3 is 14.4 Å². The summed E-state index contributed by atoms with van der Waals surface area (Å²) in [4.78, 5) is 13.1. The zero-order chi connectivity index (χ0) is 24.5. The number of alkyl halides is 3. The number of carboxylic acid groups (broad SMARTS) is 1. The van der Waals surface area contributed by atoms with Gasteiger partial charge in [0, 0.05) is 21.4 Å². The Morgan fingerprint density at radius 1 is 1.15 bits per heavy atom. The lowest BCUT2D eigenvalue weighted by molar-refractivity contribution is -0.139. The highest BCUT2D eigenvalue weighted by atomic mass is 32.2. The molecule has 1 aliphatic rings. The molecule has 4 rings (SSSR count). The average molecular weight is 488 g/mol. The van der Waals surface area contributed by atoms with E-state index in [-0.39, 0.29) is 0 Å². The third-order valence-corrected chi connectivity index (χ3v) is 7.27. The van der Waals surface area contributed by atoms with E-state index in [2.05, 4.69) is 13.8 Å². The van der Waals surface area contributed by atoms with E-state index in [4.69, 9.17) is 9.84 Å². The van der Waals surface area contributed by atoms with Crippen LogP contribution in [0.4, 0.5) is 13.2 Å². The van der Waals surface area contributed by atoms with Crippen molar-refractivity contribution >= 4 is 33.5 Å². The Kier molecular flexibility index (Phi) is 6.79. The van der Waals surface area contributed by atoms with Crippen molar-refractivity contribution in [2.45, 2.75) is 39.4 Å². The van der Waals surface area contributed by atoms with Gasteiger partial charge in [-0.1, -0.05) is 54.1 Å². The topological polar surface area (TPSA) is 51.5 Å². The number of aromatic nitrogens is 1. The summed E-state index contributed by atoms with van der Waals surface area (Å²) in [6, 6.07) is 12.8. The Bertz CT molecular complexity index is 1290. The van der Waals surface area contributed by atoms with Gasteiger partial charge in [0.05, 0.1) is 17.6 Å². The second kappa shape index (κ2) is 9.62. The minimum atomic E-state index is -4.36. The molecular weight excluding hydrogens is 463 g/mol. The highest BCUT2D eigenvalue weighted by Gasteiger charge is 2.30. The predicted molar refractivity (Wildman–Crippen MR) is 129 cm³/mol. The number of allylic oxidation sites excluding steroid dienone is 3. The Balaban J connectivity index is 1.64. The number of hydrogen-bond donors (Lipinski definition) is 1. The van der Waals surface area contributed by atoms with Crippen LogP contribution < -0.4 is 4.74 Å². The maximum atomic E-state index is 13.0. The molecule has 2 aromatic carbocycles. The summed E-state index contributed by atoms with van der Waals surface area (Å²) < 4.78 is 46.6. The van der Waals surface area contributed by atoms with Gasteiger partial charge >= 0.3 is 12.1 Å². The van der Waals surface area contributed by atoms with Crippen LogP contribution in [0, 0.1) is 0 Å². The van der Waals surface area contributed by atoms with E-state index in [0.29, 0.717) is 12.3 Å². The molecule has 0 bridgehead atoms. The molecule has 0 atom stereocenters. The maximum absolute atomic E-state index is 13.0. The van der Waals surface area contributed by atoms with Crippen molar-refractivity contribution in [2.24, 2.45) is 0 Å². The summed E-state index contributed by atoms with van der Waals surface area (Å²) >= 11 is 1.59. The van der Waals surface area contributed by atoms with Gasteiger partial charge in [0.25, 0.3) is 0 Å². The van der Waals surface area contributed by atoms with E-state index in [1.165, 1.54) is 11.1 Å². The van der Waals surface area contributed by atoms with Crippen LogP contribution in [0.2, 0.25) is 0 Å². The van der Waals surface area contributed by atoms with Crippen molar-refractivity contribution in [2.75, 3.05) is 6.61 Å². The number of para-hydroxylation sites is 1. The van der Waals surface area contributed by atoms with Gasteiger partial charge in [0.2, 0.25) is 0 Å². The molecule has 0 fully saturated rings. The molecule has 0 saturated heterocycles. The van der Waals surface area contributed by atoms with Gasteiger partial charge in [-0.15, -0.1) is 0 Å². The smallest absolute Gasteiger partial charge is 0.416 e. The van der Waals surface area contributed by atoms with Crippen LogP contribution >= 0.6 is 11.8 Å². The molecule has 8 heteroatoms.